The zero-order chi connectivity index (χ0) is 16.1. The van der Waals surface area contributed by atoms with Gasteiger partial charge in [-0.05, 0) is 42.0 Å². The third-order valence-electron chi connectivity index (χ3n) is 4.38. The molecule has 1 heterocycles. The van der Waals surface area contributed by atoms with Crippen LogP contribution in [0, 0.1) is 6.92 Å². The summed E-state index contributed by atoms with van der Waals surface area (Å²) in [5, 5.41) is 6.37. The van der Waals surface area contributed by atoms with Crippen LogP contribution < -0.4 is 10.6 Å². The summed E-state index contributed by atoms with van der Waals surface area (Å²) in [6.45, 7) is 4.61. The highest BCUT2D eigenvalue weighted by molar-refractivity contribution is 5.85. The average Bonchev–Trinajstić information content (AvgIpc) is 3.02. The van der Waals surface area contributed by atoms with Gasteiger partial charge in [0, 0.05) is 26.1 Å². The molecule has 0 bridgehead atoms. The molecule has 0 spiro atoms. The molecule has 1 aliphatic rings. The summed E-state index contributed by atoms with van der Waals surface area (Å²) < 4.78 is 0. The van der Waals surface area contributed by atoms with Crippen LogP contribution in [0.5, 0.6) is 0 Å². The maximum Gasteiger partial charge on any atom is 0.220 e. The SMILES string of the molecule is Cc1ccc(CCCC(=O)NCc2ccc3c(c2)CNC3)cc1.Cl. The molecule has 2 aromatic rings. The molecule has 1 amide bonds. The minimum absolute atomic E-state index is 0. The summed E-state index contributed by atoms with van der Waals surface area (Å²) in [6, 6.07) is 15.0. The lowest BCUT2D eigenvalue weighted by Gasteiger charge is -2.07. The molecule has 2 aromatic carbocycles. The Morgan fingerprint density at radius 1 is 1.04 bits per heavy atom. The molecule has 4 heteroatoms. The van der Waals surface area contributed by atoms with Gasteiger partial charge in [0.05, 0.1) is 0 Å². The van der Waals surface area contributed by atoms with Crippen molar-refractivity contribution in [3.05, 3.63) is 70.3 Å². The second-order valence-corrected chi connectivity index (χ2v) is 6.32. The van der Waals surface area contributed by atoms with E-state index >= 15 is 0 Å². The number of rotatable bonds is 6. The number of carbonyl (C=O) groups excluding carboxylic acids is 1. The van der Waals surface area contributed by atoms with E-state index in [2.05, 4.69) is 60.0 Å². The first-order chi connectivity index (χ1) is 11.2. The maximum absolute atomic E-state index is 12.0. The lowest BCUT2D eigenvalue weighted by molar-refractivity contribution is -0.121. The largest absolute Gasteiger partial charge is 0.352 e. The molecular formula is C20H25ClN2O. The summed E-state index contributed by atoms with van der Waals surface area (Å²) in [7, 11) is 0. The molecule has 0 saturated carbocycles. The molecule has 0 unspecified atom stereocenters. The van der Waals surface area contributed by atoms with Crippen LogP contribution in [0.25, 0.3) is 0 Å². The molecule has 0 radical (unpaired) electrons. The van der Waals surface area contributed by atoms with Crippen LogP contribution in [0.3, 0.4) is 0 Å². The monoisotopic (exact) mass is 344 g/mol. The summed E-state index contributed by atoms with van der Waals surface area (Å²) in [6.07, 6.45) is 2.43. The molecule has 0 fully saturated rings. The number of amides is 1. The van der Waals surface area contributed by atoms with E-state index < -0.39 is 0 Å². The highest BCUT2D eigenvalue weighted by Gasteiger charge is 2.10. The van der Waals surface area contributed by atoms with Crippen molar-refractivity contribution in [3.63, 3.8) is 0 Å². The van der Waals surface area contributed by atoms with Crippen LogP contribution >= 0.6 is 12.4 Å². The quantitative estimate of drug-likeness (QED) is 0.839. The van der Waals surface area contributed by atoms with Gasteiger partial charge in [0.25, 0.3) is 0 Å². The molecule has 0 saturated heterocycles. The number of benzene rings is 2. The predicted octanol–water partition coefficient (Wildman–Crippen LogP) is 3.66. The zero-order valence-electron chi connectivity index (χ0n) is 14.1. The standard InChI is InChI=1S/C20H24N2O.ClH/c1-15-5-7-16(8-6-15)3-2-4-20(23)22-12-17-9-10-18-13-21-14-19(18)11-17;/h5-11,21H,2-4,12-14H2,1H3,(H,22,23);1H. The van der Waals surface area contributed by atoms with E-state index in [-0.39, 0.29) is 18.3 Å². The first kappa shape index (κ1) is 18.5. The molecule has 3 nitrogen and oxygen atoms in total. The summed E-state index contributed by atoms with van der Waals surface area (Å²) in [5.41, 5.74) is 6.49. The van der Waals surface area contributed by atoms with Gasteiger partial charge in [-0.3, -0.25) is 4.79 Å². The Kier molecular flexibility index (Phi) is 6.83. The van der Waals surface area contributed by atoms with Gasteiger partial charge in [0.15, 0.2) is 0 Å². The van der Waals surface area contributed by atoms with Crippen LogP contribution in [0.1, 0.15) is 40.7 Å². The highest BCUT2D eigenvalue weighted by atomic mass is 35.5. The number of nitrogens with one attached hydrogen (secondary N) is 2. The molecule has 128 valence electrons. The lowest BCUT2D eigenvalue weighted by Crippen LogP contribution is -2.22. The topological polar surface area (TPSA) is 41.1 Å². The van der Waals surface area contributed by atoms with Gasteiger partial charge in [-0.2, -0.15) is 0 Å². The smallest absolute Gasteiger partial charge is 0.220 e. The Morgan fingerprint density at radius 3 is 2.54 bits per heavy atom. The van der Waals surface area contributed by atoms with Crippen molar-refractivity contribution >= 4 is 18.3 Å². The average molecular weight is 345 g/mol. The van der Waals surface area contributed by atoms with E-state index in [1.165, 1.54) is 27.8 Å². The van der Waals surface area contributed by atoms with Crippen LogP contribution in [-0.2, 0) is 30.8 Å². The molecule has 2 N–H and O–H groups in total. The first-order valence-electron chi connectivity index (χ1n) is 8.34. The fourth-order valence-corrected chi connectivity index (χ4v) is 2.95. The van der Waals surface area contributed by atoms with Crippen molar-refractivity contribution in [2.75, 3.05) is 0 Å². The molecule has 0 aromatic heterocycles. The van der Waals surface area contributed by atoms with Gasteiger partial charge < -0.3 is 10.6 Å². The Morgan fingerprint density at radius 2 is 1.75 bits per heavy atom. The third-order valence-corrected chi connectivity index (χ3v) is 4.38. The van der Waals surface area contributed by atoms with Gasteiger partial charge in [-0.15, -0.1) is 12.4 Å². The van der Waals surface area contributed by atoms with Gasteiger partial charge >= 0.3 is 0 Å². The Hall–Kier alpha value is -1.84. The van der Waals surface area contributed by atoms with Crippen LogP contribution in [0.4, 0.5) is 0 Å². The van der Waals surface area contributed by atoms with E-state index in [9.17, 15) is 4.79 Å². The number of fused-ring (bicyclic) bond motifs is 1. The number of carbonyl (C=O) groups is 1. The fourth-order valence-electron chi connectivity index (χ4n) is 2.95. The molecule has 0 atom stereocenters. The Bertz CT molecular complexity index is 683. The van der Waals surface area contributed by atoms with Crippen molar-refractivity contribution < 1.29 is 4.79 Å². The number of aryl methyl sites for hydroxylation is 2. The molecule has 24 heavy (non-hydrogen) atoms. The molecule has 3 rings (SSSR count). The number of halogens is 1. The predicted molar refractivity (Wildman–Crippen MR) is 100 cm³/mol. The van der Waals surface area contributed by atoms with Crippen molar-refractivity contribution in [1.82, 2.24) is 10.6 Å². The van der Waals surface area contributed by atoms with E-state index in [0.717, 1.165) is 25.9 Å². The second kappa shape index (κ2) is 8.86. The van der Waals surface area contributed by atoms with Crippen molar-refractivity contribution in [2.24, 2.45) is 0 Å². The van der Waals surface area contributed by atoms with Gasteiger partial charge in [0.1, 0.15) is 0 Å². The van der Waals surface area contributed by atoms with Crippen molar-refractivity contribution in [1.29, 1.82) is 0 Å². The van der Waals surface area contributed by atoms with Gasteiger partial charge in [-0.25, -0.2) is 0 Å². The minimum atomic E-state index is 0. The maximum atomic E-state index is 12.0. The number of hydrogen-bond acceptors (Lipinski definition) is 2. The Balaban J connectivity index is 0.00000208. The zero-order valence-corrected chi connectivity index (χ0v) is 14.9. The summed E-state index contributed by atoms with van der Waals surface area (Å²) >= 11 is 0. The van der Waals surface area contributed by atoms with Crippen LogP contribution in [0.15, 0.2) is 42.5 Å². The van der Waals surface area contributed by atoms with Crippen molar-refractivity contribution in [3.8, 4) is 0 Å². The van der Waals surface area contributed by atoms with E-state index in [4.69, 9.17) is 0 Å². The van der Waals surface area contributed by atoms with E-state index in [1.807, 2.05) is 0 Å². The van der Waals surface area contributed by atoms with Gasteiger partial charge in [-0.1, -0.05) is 48.0 Å². The summed E-state index contributed by atoms with van der Waals surface area (Å²) in [5.74, 6) is 0.135. The molecular weight excluding hydrogens is 320 g/mol. The van der Waals surface area contributed by atoms with E-state index in [1.54, 1.807) is 0 Å². The summed E-state index contributed by atoms with van der Waals surface area (Å²) in [4.78, 5) is 12.0. The fraction of sp³-hybridized carbons (Fsp3) is 0.350. The lowest BCUT2D eigenvalue weighted by atomic mass is 10.1. The van der Waals surface area contributed by atoms with Crippen LogP contribution in [-0.4, -0.2) is 5.91 Å². The van der Waals surface area contributed by atoms with Crippen LogP contribution in [0.2, 0.25) is 0 Å². The van der Waals surface area contributed by atoms with Crippen molar-refractivity contribution in [2.45, 2.75) is 45.8 Å². The Labute approximate surface area is 150 Å². The third kappa shape index (κ3) is 5.08. The molecule has 0 aliphatic carbocycles. The number of hydrogen-bond donors (Lipinski definition) is 2. The minimum Gasteiger partial charge on any atom is -0.352 e. The molecule has 1 aliphatic heterocycles. The highest BCUT2D eigenvalue weighted by Crippen LogP contribution is 2.17. The first-order valence-corrected chi connectivity index (χ1v) is 8.34. The van der Waals surface area contributed by atoms with Gasteiger partial charge in [0.2, 0.25) is 5.91 Å². The van der Waals surface area contributed by atoms with E-state index in [0.29, 0.717) is 13.0 Å². The second-order valence-electron chi connectivity index (χ2n) is 6.32. The normalized spacial score (nSPS) is 12.4.